The fourth-order valence-corrected chi connectivity index (χ4v) is 5.69. The van der Waals surface area contributed by atoms with Gasteiger partial charge in [-0.3, -0.25) is 4.79 Å². The van der Waals surface area contributed by atoms with Crippen LogP contribution in [-0.4, -0.2) is 59.3 Å². The molecule has 7 nitrogen and oxygen atoms in total. The normalized spacial score (nSPS) is 16.0. The van der Waals surface area contributed by atoms with Gasteiger partial charge < -0.3 is 9.47 Å². The number of hydrogen-bond donors (Lipinski definition) is 0. The van der Waals surface area contributed by atoms with Crippen LogP contribution < -0.4 is 0 Å². The number of piperidine rings is 1. The van der Waals surface area contributed by atoms with Crippen molar-refractivity contribution in [2.24, 2.45) is 5.92 Å². The molecule has 1 saturated heterocycles. The molecule has 0 aliphatic carbocycles. The van der Waals surface area contributed by atoms with E-state index in [9.17, 15) is 13.2 Å². The van der Waals surface area contributed by atoms with Crippen LogP contribution in [0.25, 0.3) is 11.0 Å². The van der Waals surface area contributed by atoms with Crippen LogP contribution in [0.1, 0.15) is 52.8 Å². The highest BCUT2D eigenvalue weighted by Crippen LogP contribution is 2.24. The topological polar surface area (TPSA) is 75.5 Å². The zero-order valence-electron chi connectivity index (χ0n) is 18.6. The van der Waals surface area contributed by atoms with Gasteiger partial charge >= 0.3 is 0 Å². The van der Waals surface area contributed by atoms with Gasteiger partial charge in [0.25, 0.3) is 0 Å². The first-order valence-electron chi connectivity index (χ1n) is 11.1. The van der Waals surface area contributed by atoms with E-state index in [4.69, 9.17) is 4.98 Å². The van der Waals surface area contributed by atoms with Crippen molar-refractivity contribution >= 4 is 27.0 Å². The number of likely N-dealkylation sites (tertiary alicyclic amines) is 1. The molecule has 0 saturated carbocycles. The zero-order valence-corrected chi connectivity index (χ0v) is 19.4. The molecule has 0 N–H and O–H groups in total. The number of imidazole rings is 1. The smallest absolute Gasteiger partial charge is 0.243 e. The first kappa shape index (κ1) is 22.7. The van der Waals surface area contributed by atoms with E-state index >= 15 is 0 Å². The van der Waals surface area contributed by atoms with Crippen LogP contribution in [0.4, 0.5) is 0 Å². The average molecular weight is 435 g/mol. The van der Waals surface area contributed by atoms with Crippen molar-refractivity contribution in [2.45, 2.75) is 64.8 Å². The summed E-state index contributed by atoms with van der Waals surface area (Å²) in [7, 11) is -3.52. The Kier molecular flexibility index (Phi) is 7.18. The van der Waals surface area contributed by atoms with Gasteiger partial charge in [-0.25, -0.2) is 13.4 Å². The minimum Gasteiger partial charge on any atom is -0.343 e. The predicted octanol–water partition coefficient (Wildman–Crippen LogP) is 3.28. The number of sulfonamides is 1. The number of nitrogens with zero attached hydrogens (tertiary/aromatic N) is 4. The summed E-state index contributed by atoms with van der Waals surface area (Å²) >= 11 is 0. The first-order valence-corrected chi connectivity index (χ1v) is 12.5. The maximum Gasteiger partial charge on any atom is 0.243 e. The molecule has 1 aromatic heterocycles. The fourth-order valence-electron chi connectivity index (χ4n) is 4.21. The van der Waals surface area contributed by atoms with Gasteiger partial charge in [-0.05, 0) is 43.9 Å². The van der Waals surface area contributed by atoms with Gasteiger partial charge in [0.15, 0.2) is 0 Å². The van der Waals surface area contributed by atoms with Crippen LogP contribution in [0, 0.1) is 5.92 Å². The van der Waals surface area contributed by atoms with E-state index in [0.29, 0.717) is 37.4 Å². The van der Waals surface area contributed by atoms with Crippen molar-refractivity contribution in [3.8, 4) is 0 Å². The molecule has 0 atom stereocenters. The first-order chi connectivity index (χ1) is 14.3. The third-order valence-corrected chi connectivity index (χ3v) is 8.20. The summed E-state index contributed by atoms with van der Waals surface area (Å²) in [5.41, 5.74) is 1.57. The van der Waals surface area contributed by atoms with Crippen LogP contribution in [-0.2, 0) is 27.8 Å². The molecule has 1 aliphatic rings. The summed E-state index contributed by atoms with van der Waals surface area (Å²) in [6.07, 6.45) is 3.14. The van der Waals surface area contributed by atoms with Crippen LogP contribution in [0.3, 0.4) is 0 Å². The molecule has 0 unspecified atom stereocenters. The van der Waals surface area contributed by atoms with Gasteiger partial charge in [0, 0.05) is 45.6 Å². The molecule has 0 radical (unpaired) electrons. The average Bonchev–Trinajstić information content (AvgIpc) is 3.09. The molecule has 2 heterocycles. The molecule has 8 heteroatoms. The Morgan fingerprint density at radius 1 is 1.17 bits per heavy atom. The molecule has 1 aliphatic heterocycles. The SMILES string of the molecule is CCN(CC)S(=O)(=O)c1ccc2c(c1)nc(CCC(=O)N1CCC(C)CC1)n2CC. The van der Waals surface area contributed by atoms with Crippen LogP contribution in [0.5, 0.6) is 0 Å². The number of hydrogen-bond acceptors (Lipinski definition) is 4. The maximum absolute atomic E-state index is 12.9. The summed E-state index contributed by atoms with van der Waals surface area (Å²) in [5, 5.41) is 0. The lowest BCUT2D eigenvalue weighted by atomic mass is 9.99. The number of amides is 1. The highest BCUT2D eigenvalue weighted by atomic mass is 32.2. The second-order valence-corrected chi connectivity index (χ2v) is 10.0. The van der Waals surface area contributed by atoms with Crippen molar-refractivity contribution < 1.29 is 13.2 Å². The van der Waals surface area contributed by atoms with Gasteiger partial charge in [-0.15, -0.1) is 0 Å². The van der Waals surface area contributed by atoms with Crippen LogP contribution in [0.2, 0.25) is 0 Å². The van der Waals surface area contributed by atoms with Crippen LogP contribution >= 0.6 is 0 Å². The molecule has 1 amide bonds. The number of fused-ring (bicyclic) bond motifs is 1. The molecule has 30 heavy (non-hydrogen) atoms. The summed E-state index contributed by atoms with van der Waals surface area (Å²) in [6.45, 7) is 11.2. The molecule has 0 bridgehead atoms. The van der Waals surface area contributed by atoms with E-state index in [1.54, 1.807) is 12.1 Å². The Hall–Kier alpha value is -1.93. The lowest BCUT2D eigenvalue weighted by Gasteiger charge is -2.30. The summed E-state index contributed by atoms with van der Waals surface area (Å²) in [6, 6.07) is 5.15. The zero-order chi connectivity index (χ0) is 21.9. The third kappa shape index (κ3) is 4.54. The van der Waals surface area contributed by atoms with E-state index in [-0.39, 0.29) is 10.8 Å². The van der Waals surface area contributed by atoms with E-state index in [1.807, 2.05) is 31.7 Å². The monoisotopic (exact) mass is 434 g/mol. The van der Waals surface area contributed by atoms with Crippen molar-refractivity contribution in [1.82, 2.24) is 18.8 Å². The highest BCUT2D eigenvalue weighted by molar-refractivity contribution is 7.89. The summed E-state index contributed by atoms with van der Waals surface area (Å²) in [4.78, 5) is 19.6. The van der Waals surface area contributed by atoms with Gasteiger partial charge in [0.1, 0.15) is 5.82 Å². The minimum absolute atomic E-state index is 0.182. The lowest BCUT2D eigenvalue weighted by molar-refractivity contribution is -0.132. The Labute approximate surface area is 180 Å². The quantitative estimate of drug-likeness (QED) is 0.639. The highest BCUT2D eigenvalue weighted by Gasteiger charge is 2.24. The van der Waals surface area contributed by atoms with Crippen molar-refractivity contribution in [3.05, 3.63) is 24.0 Å². The van der Waals surface area contributed by atoms with Crippen molar-refractivity contribution in [3.63, 3.8) is 0 Å². The second-order valence-electron chi connectivity index (χ2n) is 8.08. The molecular formula is C22H34N4O3S. The predicted molar refractivity (Wildman–Crippen MR) is 119 cm³/mol. The summed E-state index contributed by atoms with van der Waals surface area (Å²) in [5.74, 6) is 1.71. The van der Waals surface area contributed by atoms with E-state index in [0.717, 1.165) is 43.8 Å². The van der Waals surface area contributed by atoms with Crippen molar-refractivity contribution in [1.29, 1.82) is 0 Å². The maximum atomic E-state index is 12.9. The number of aryl methyl sites for hydroxylation is 2. The van der Waals surface area contributed by atoms with Crippen LogP contribution in [0.15, 0.2) is 23.1 Å². The minimum atomic E-state index is -3.52. The largest absolute Gasteiger partial charge is 0.343 e. The third-order valence-electron chi connectivity index (χ3n) is 6.16. The van der Waals surface area contributed by atoms with Gasteiger partial charge in [-0.1, -0.05) is 20.8 Å². The van der Waals surface area contributed by atoms with Gasteiger partial charge in [-0.2, -0.15) is 4.31 Å². The number of aromatic nitrogens is 2. The van der Waals surface area contributed by atoms with Crippen molar-refractivity contribution in [2.75, 3.05) is 26.2 Å². The van der Waals surface area contributed by atoms with E-state index < -0.39 is 10.0 Å². The Morgan fingerprint density at radius 3 is 2.43 bits per heavy atom. The Balaban J connectivity index is 1.81. The second kappa shape index (κ2) is 9.47. The molecule has 2 aromatic rings. The molecule has 166 valence electrons. The van der Waals surface area contributed by atoms with Gasteiger partial charge in [0.05, 0.1) is 15.9 Å². The molecule has 1 aromatic carbocycles. The number of benzene rings is 1. The summed E-state index contributed by atoms with van der Waals surface area (Å²) < 4.78 is 29.2. The van der Waals surface area contributed by atoms with E-state index in [2.05, 4.69) is 11.5 Å². The Morgan fingerprint density at radius 2 is 1.83 bits per heavy atom. The fraction of sp³-hybridized carbons (Fsp3) is 0.636. The molecule has 0 spiro atoms. The number of rotatable bonds is 8. The lowest BCUT2D eigenvalue weighted by Crippen LogP contribution is -2.38. The van der Waals surface area contributed by atoms with E-state index in [1.165, 1.54) is 4.31 Å². The standard InChI is InChI=1S/C22H34N4O3S/c1-5-25(6-2)30(28,29)18-8-9-20-19(16-18)23-21(26(20)7-3)10-11-22(27)24-14-12-17(4)13-15-24/h8-9,16-17H,5-7,10-15H2,1-4H3. The Bertz CT molecular complexity index is 987. The van der Waals surface area contributed by atoms with Gasteiger partial charge in [0.2, 0.25) is 15.9 Å². The molecular weight excluding hydrogens is 400 g/mol. The molecule has 1 fully saturated rings. The molecule has 3 rings (SSSR count). The number of carbonyl (C=O) groups is 1. The number of carbonyl (C=O) groups excluding carboxylic acids is 1.